The van der Waals surface area contributed by atoms with Gasteiger partial charge < -0.3 is 9.84 Å². The normalized spacial score (nSPS) is 12.4. The third-order valence-corrected chi connectivity index (χ3v) is 9.81. The highest BCUT2D eigenvalue weighted by Crippen LogP contribution is 2.40. The summed E-state index contributed by atoms with van der Waals surface area (Å²) in [5, 5.41) is 12.8. The third kappa shape index (κ3) is 8.15. The maximum absolute atomic E-state index is 13.6. The molecule has 0 aliphatic heterocycles. The number of ether oxygens (including phenoxy) is 1. The van der Waals surface area contributed by atoms with E-state index in [4.69, 9.17) is 21.3 Å². The fourth-order valence-electron chi connectivity index (χ4n) is 6.39. The molecule has 0 saturated heterocycles. The molecule has 7 aromatic rings. The van der Waals surface area contributed by atoms with Gasteiger partial charge in [0, 0.05) is 47.3 Å². The van der Waals surface area contributed by atoms with Crippen LogP contribution in [0.5, 0.6) is 5.75 Å². The van der Waals surface area contributed by atoms with E-state index in [0.29, 0.717) is 5.02 Å². The lowest BCUT2D eigenvalue weighted by Gasteiger charge is -2.22. The van der Waals surface area contributed by atoms with Crippen molar-refractivity contribution in [1.29, 1.82) is 0 Å². The van der Waals surface area contributed by atoms with Gasteiger partial charge in [-0.25, -0.2) is 8.78 Å². The van der Waals surface area contributed by atoms with Crippen molar-refractivity contribution in [3.05, 3.63) is 157 Å². The van der Waals surface area contributed by atoms with Crippen LogP contribution in [0.25, 0.3) is 44.1 Å². The smallest absolute Gasteiger partial charge is 0.123 e. The molecule has 0 amide bonds. The second kappa shape index (κ2) is 15.6. The fourth-order valence-corrected chi connectivity index (χ4v) is 7.23. The highest BCUT2D eigenvalue weighted by atomic mass is 79.9. The van der Waals surface area contributed by atoms with E-state index < -0.39 is 6.10 Å². The van der Waals surface area contributed by atoms with E-state index in [1.165, 1.54) is 24.3 Å². The number of halogens is 5. The first-order valence-corrected chi connectivity index (χ1v) is 18.2. The van der Waals surface area contributed by atoms with Gasteiger partial charge in [-0.1, -0.05) is 67.7 Å². The molecule has 9 heteroatoms. The van der Waals surface area contributed by atoms with Crippen LogP contribution in [0.4, 0.5) is 8.78 Å². The number of fused-ring (bicyclic) bond motifs is 2. The Morgan fingerprint density at radius 2 is 1.06 bits per heavy atom. The Kier molecular flexibility index (Phi) is 11.2. The maximum atomic E-state index is 13.6. The van der Waals surface area contributed by atoms with E-state index in [9.17, 15) is 13.9 Å². The van der Waals surface area contributed by atoms with Crippen molar-refractivity contribution in [2.45, 2.75) is 39.9 Å². The molecule has 2 atom stereocenters. The van der Waals surface area contributed by atoms with Crippen LogP contribution in [0, 0.1) is 25.5 Å². The van der Waals surface area contributed by atoms with E-state index in [2.05, 4.69) is 36.8 Å². The molecule has 51 heavy (non-hydrogen) atoms. The fraction of sp³-hybridized carbons (Fsp3) is 0.143. The van der Waals surface area contributed by atoms with Gasteiger partial charge >= 0.3 is 0 Å². The second-order valence-corrected chi connectivity index (χ2v) is 14.5. The molecule has 2 aromatic heterocycles. The van der Waals surface area contributed by atoms with Crippen molar-refractivity contribution in [1.82, 2.24) is 9.97 Å². The Labute approximate surface area is 317 Å². The molecule has 0 aliphatic rings. The first-order valence-electron chi connectivity index (χ1n) is 16.2. The molecule has 5 aromatic carbocycles. The summed E-state index contributed by atoms with van der Waals surface area (Å²) in [5.41, 5.74) is 8.82. The van der Waals surface area contributed by atoms with Crippen molar-refractivity contribution < 1.29 is 18.6 Å². The lowest BCUT2D eigenvalue weighted by molar-refractivity contribution is 0.199. The van der Waals surface area contributed by atoms with Crippen LogP contribution in [0.3, 0.4) is 0 Å². The molecule has 0 aliphatic carbocycles. The zero-order valence-electron chi connectivity index (χ0n) is 28.2. The van der Waals surface area contributed by atoms with Gasteiger partial charge in [0.25, 0.3) is 0 Å². The molecular weight excluding hydrogens is 798 g/mol. The number of hydrogen-bond acceptors (Lipinski definition) is 4. The number of nitrogens with zero attached hydrogens (tertiary/aromatic N) is 2. The number of aliphatic hydroxyl groups is 1. The lowest BCUT2D eigenvalue weighted by atomic mass is 9.92. The molecule has 7 rings (SSSR count). The number of aromatic nitrogens is 2. The summed E-state index contributed by atoms with van der Waals surface area (Å²) in [7, 11) is 0. The molecule has 0 saturated carbocycles. The van der Waals surface area contributed by atoms with Gasteiger partial charge in [-0.2, -0.15) is 0 Å². The predicted molar refractivity (Wildman–Crippen MR) is 210 cm³/mol. The third-order valence-electron chi connectivity index (χ3n) is 8.57. The molecular formula is C42H33Br2ClF2N2O2. The van der Waals surface area contributed by atoms with Crippen molar-refractivity contribution in [2.24, 2.45) is 0 Å². The molecule has 0 spiro atoms. The highest BCUT2D eigenvalue weighted by molar-refractivity contribution is 9.10. The Morgan fingerprint density at radius 3 is 1.51 bits per heavy atom. The summed E-state index contributed by atoms with van der Waals surface area (Å²) < 4.78 is 34.9. The number of pyridine rings is 2. The average molecular weight is 831 g/mol. The molecule has 4 nitrogen and oxygen atoms in total. The summed E-state index contributed by atoms with van der Waals surface area (Å²) in [6, 6.07) is 32.0. The largest absolute Gasteiger partial charge is 0.486 e. The Hall–Kier alpha value is -4.21. The molecule has 258 valence electrons. The van der Waals surface area contributed by atoms with Crippen LogP contribution in [0.2, 0.25) is 5.02 Å². The van der Waals surface area contributed by atoms with E-state index in [0.717, 1.165) is 81.3 Å². The summed E-state index contributed by atoms with van der Waals surface area (Å²) in [6.45, 7) is 7.58. The van der Waals surface area contributed by atoms with Crippen molar-refractivity contribution in [3.63, 3.8) is 0 Å². The molecule has 1 N–H and O–H groups in total. The van der Waals surface area contributed by atoms with Crippen molar-refractivity contribution >= 4 is 65.3 Å². The summed E-state index contributed by atoms with van der Waals surface area (Å²) in [4.78, 5) is 9.39. The second-order valence-electron chi connectivity index (χ2n) is 12.2. The van der Waals surface area contributed by atoms with Crippen LogP contribution < -0.4 is 4.74 Å². The minimum Gasteiger partial charge on any atom is -0.486 e. The molecule has 0 fully saturated rings. The molecule has 0 bridgehead atoms. The van der Waals surface area contributed by atoms with E-state index in [1.807, 2.05) is 69.3 Å². The summed E-state index contributed by atoms with van der Waals surface area (Å²) in [6.07, 6.45) is -0.928. The van der Waals surface area contributed by atoms with E-state index >= 15 is 0 Å². The Bertz CT molecular complexity index is 2350. The Balaban J connectivity index is 0.000000183. The minimum absolute atomic E-state index is 0.267. The van der Waals surface area contributed by atoms with E-state index in [-0.39, 0.29) is 17.7 Å². The van der Waals surface area contributed by atoms with Crippen LogP contribution in [0.1, 0.15) is 48.6 Å². The van der Waals surface area contributed by atoms with Crippen LogP contribution >= 0.6 is 43.5 Å². The van der Waals surface area contributed by atoms with Gasteiger partial charge in [-0.05, 0) is 135 Å². The molecule has 0 radical (unpaired) electrons. The number of aryl methyl sites for hydroxylation is 2. The zero-order valence-corrected chi connectivity index (χ0v) is 32.1. The van der Waals surface area contributed by atoms with Gasteiger partial charge in [0.2, 0.25) is 0 Å². The molecule has 2 heterocycles. The van der Waals surface area contributed by atoms with Crippen LogP contribution in [-0.2, 0) is 0 Å². The van der Waals surface area contributed by atoms with Gasteiger partial charge in [0.1, 0.15) is 23.5 Å². The first-order chi connectivity index (χ1) is 24.4. The SMILES string of the molecule is Cc1nc2ccc(Br)cc2c(-c2ccc(F)cc2)c1C(C)O.Cc1nc2ccc(Br)cc2c(-c2ccc(F)cc2)c1C(C)Oc1ccc(Cl)cc1. The Morgan fingerprint density at radius 1 is 0.627 bits per heavy atom. The predicted octanol–water partition coefficient (Wildman–Crippen LogP) is 13.1. The summed E-state index contributed by atoms with van der Waals surface area (Å²) in [5.74, 6) is 0.177. The first kappa shape index (κ1) is 36.6. The number of hydrogen-bond donors (Lipinski definition) is 1. The molecule has 2 unspecified atom stereocenters. The summed E-state index contributed by atoms with van der Waals surface area (Å²) >= 11 is 13.0. The van der Waals surface area contributed by atoms with Crippen LogP contribution in [-0.4, -0.2) is 15.1 Å². The number of rotatable bonds is 6. The quantitative estimate of drug-likeness (QED) is 0.181. The van der Waals surface area contributed by atoms with Gasteiger partial charge in [-0.15, -0.1) is 0 Å². The topological polar surface area (TPSA) is 55.2 Å². The van der Waals surface area contributed by atoms with Gasteiger partial charge in [0.15, 0.2) is 0 Å². The van der Waals surface area contributed by atoms with Crippen LogP contribution in [0.15, 0.2) is 118 Å². The highest BCUT2D eigenvalue weighted by Gasteiger charge is 2.22. The maximum Gasteiger partial charge on any atom is 0.123 e. The standard InChI is InChI=1S/C24H18BrClFNO.C18H15BrFNO/c1-14-23(15(2)29-20-10-6-18(26)7-11-20)24(16-3-8-19(27)9-4-16)21-13-17(25)5-12-22(21)28-14;1-10-17(11(2)22)18(12-3-6-14(20)7-4-12)15-9-13(19)5-8-16(15)21-10/h3-13,15H,1-2H3;3-9,11,22H,1-2H3. The monoisotopic (exact) mass is 828 g/mol. The minimum atomic E-state index is -0.657. The zero-order chi connectivity index (χ0) is 36.4. The van der Waals surface area contributed by atoms with Gasteiger partial charge in [0.05, 0.1) is 17.1 Å². The van der Waals surface area contributed by atoms with Gasteiger partial charge in [-0.3, -0.25) is 9.97 Å². The van der Waals surface area contributed by atoms with Crippen molar-refractivity contribution in [2.75, 3.05) is 0 Å². The van der Waals surface area contributed by atoms with E-state index in [1.54, 1.807) is 43.3 Å². The number of aliphatic hydroxyl groups excluding tert-OH is 1. The number of benzene rings is 5. The lowest BCUT2D eigenvalue weighted by Crippen LogP contribution is -2.09. The van der Waals surface area contributed by atoms with Crippen molar-refractivity contribution in [3.8, 4) is 28.0 Å². The average Bonchev–Trinajstić information content (AvgIpc) is 3.09.